The minimum Gasteiger partial charge on any atom is -0.389 e. The molecule has 0 amide bonds. The molecule has 2 aliphatic rings. The van der Waals surface area contributed by atoms with Gasteiger partial charge in [0.1, 0.15) is 18.9 Å². The van der Waals surface area contributed by atoms with Gasteiger partial charge in [-0.15, -0.1) is 0 Å². The molecule has 134 valence electrons. The van der Waals surface area contributed by atoms with E-state index in [1.54, 1.807) is 0 Å². The predicted molar refractivity (Wildman–Crippen MR) is 90.7 cm³/mol. The van der Waals surface area contributed by atoms with E-state index in [1.165, 1.54) is 5.69 Å². The molecule has 3 rings (SSSR count). The Bertz CT molecular complexity index is 510. The Morgan fingerprint density at radius 2 is 1.67 bits per heavy atom. The van der Waals surface area contributed by atoms with E-state index in [-0.39, 0.29) is 6.54 Å². The molecule has 2 saturated heterocycles. The molecular formula is C18H27FN2O3. The summed E-state index contributed by atoms with van der Waals surface area (Å²) in [6, 6.07) is 9.57. The second kappa shape index (κ2) is 7.78. The first kappa shape index (κ1) is 17.6. The second-order valence-electron chi connectivity index (χ2n) is 6.99. The van der Waals surface area contributed by atoms with Crippen molar-refractivity contribution in [1.82, 2.24) is 4.90 Å². The van der Waals surface area contributed by atoms with Crippen molar-refractivity contribution in [2.45, 2.75) is 37.2 Å². The topological polar surface area (TPSA) is 67.2 Å². The summed E-state index contributed by atoms with van der Waals surface area (Å²) >= 11 is 0. The van der Waals surface area contributed by atoms with Crippen molar-refractivity contribution in [3.8, 4) is 0 Å². The lowest BCUT2D eigenvalue weighted by Crippen LogP contribution is -2.63. The van der Waals surface area contributed by atoms with E-state index >= 15 is 0 Å². The lowest BCUT2D eigenvalue weighted by Gasteiger charge is -2.45. The zero-order valence-electron chi connectivity index (χ0n) is 13.8. The Labute approximate surface area is 142 Å². The standard InChI is InChI=1S/C18H27FN2O3/c19-10-15-17(23)18(24)16(22)12-21(15)11-13-6-8-20(9-7-13)14-4-2-1-3-5-14/h1-5,13,15-18,22-24H,6-12H2/t15-,16+,17-,18-/m1/s1. The summed E-state index contributed by atoms with van der Waals surface area (Å²) in [6.45, 7) is 2.06. The monoisotopic (exact) mass is 338 g/mol. The number of rotatable bonds is 4. The highest BCUT2D eigenvalue weighted by atomic mass is 19.1. The summed E-state index contributed by atoms with van der Waals surface area (Å²) in [5.74, 6) is 0.411. The quantitative estimate of drug-likeness (QED) is 0.752. The summed E-state index contributed by atoms with van der Waals surface area (Å²) in [5.41, 5.74) is 1.23. The third kappa shape index (κ3) is 3.72. The molecule has 2 fully saturated rings. The summed E-state index contributed by atoms with van der Waals surface area (Å²) in [6.07, 6.45) is -1.52. The molecule has 0 aromatic heterocycles. The van der Waals surface area contributed by atoms with E-state index in [2.05, 4.69) is 17.0 Å². The van der Waals surface area contributed by atoms with Crippen LogP contribution in [0.5, 0.6) is 0 Å². The van der Waals surface area contributed by atoms with Gasteiger partial charge in [-0.2, -0.15) is 0 Å². The molecule has 0 saturated carbocycles. The smallest absolute Gasteiger partial charge is 0.109 e. The van der Waals surface area contributed by atoms with E-state index in [9.17, 15) is 19.7 Å². The normalized spacial score (nSPS) is 32.9. The lowest BCUT2D eigenvalue weighted by atomic mass is 9.90. The van der Waals surface area contributed by atoms with Gasteiger partial charge in [-0.3, -0.25) is 4.90 Å². The maximum absolute atomic E-state index is 13.3. The van der Waals surface area contributed by atoms with Gasteiger partial charge in [0.25, 0.3) is 0 Å². The van der Waals surface area contributed by atoms with E-state index in [1.807, 2.05) is 23.1 Å². The average molecular weight is 338 g/mol. The van der Waals surface area contributed by atoms with E-state index in [0.29, 0.717) is 12.5 Å². The number of nitrogens with zero attached hydrogens (tertiary/aromatic N) is 2. The SMILES string of the molecule is O[C@H]1[C@H](O)[C@@H](O)CN(CC2CCN(c3ccccc3)CC2)[C@@H]1CF. The molecular weight excluding hydrogens is 311 g/mol. The number of hydrogen-bond acceptors (Lipinski definition) is 5. The molecule has 1 aromatic carbocycles. The Morgan fingerprint density at radius 1 is 1.00 bits per heavy atom. The molecule has 2 aliphatic heterocycles. The number of aliphatic hydroxyl groups excluding tert-OH is 3. The number of likely N-dealkylation sites (tertiary alicyclic amines) is 1. The van der Waals surface area contributed by atoms with Crippen molar-refractivity contribution in [3.63, 3.8) is 0 Å². The van der Waals surface area contributed by atoms with Crippen molar-refractivity contribution in [3.05, 3.63) is 30.3 Å². The van der Waals surface area contributed by atoms with Gasteiger partial charge >= 0.3 is 0 Å². The Kier molecular flexibility index (Phi) is 5.71. The molecule has 0 unspecified atom stereocenters. The van der Waals surface area contributed by atoms with Crippen LogP contribution in [0, 0.1) is 5.92 Å². The van der Waals surface area contributed by atoms with E-state index < -0.39 is 31.0 Å². The number of para-hydroxylation sites is 1. The second-order valence-corrected chi connectivity index (χ2v) is 6.99. The Hall–Kier alpha value is -1.21. The first-order chi connectivity index (χ1) is 11.6. The molecule has 0 radical (unpaired) electrons. The number of hydrogen-bond donors (Lipinski definition) is 3. The van der Waals surface area contributed by atoms with Crippen molar-refractivity contribution in [2.24, 2.45) is 5.92 Å². The number of β-amino-alcohol motifs (C(OH)–C–C–N with tert-alkyl or cyclic N) is 1. The van der Waals surface area contributed by atoms with Crippen LogP contribution < -0.4 is 4.90 Å². The van der Waals surface area contributed by atoms with Crippen molar-refractivity contribution in [2.75, 3.05) is 37.8 Å². The van der Waals surface area contributed by atoms with Crippen LogP contribution in [-0.2, 0) is 0 Å². The van der Waals surface area contributed by atoms with Crippen LogP contribution in [0.2, 0.25) is 0 Å². The fraction of sp³-hybridized carbons (Fsp3) is 0.667. The maximum atomic E-state index is 13.3. The van der Waals surface area contributed by atoms with Gasteiger partial charge in [0.15, 0.2) is 0 Å². The zero-order valence-corrected chi connectivity index (χ0v) is 13.8. The highest BCUT2D eigenvalue weighted by Crippen LogP contribution is 2.27. The minimum atomic E-state index is -1.26. The van der Waals surface area contributed by atoms with Gasteiger partial charge in [0, 0.05) is 31.9 Å². The van der Waals surface area contributed by atoms with Crippen LogP contribution in [0.15, 0.2) is 30.3 Å². The maximum Gasteiger partial charge on any atom is 0.109 e. The highest BCUT2D eigenvalue weighted by molar-refractivity contribution is 5.46. The third-order valence-electron chi connectivity index (χ3n) is 5.42. The average Bonchev–Trinajstić information content (AvgIpc) is 2.61. The molecule has 24 heavy (non-hydrogen) atoms. The number of piperidine rings is 2. The van der Waals surface area contributed by atoms with Gasteiger partial charge in [0.2, 0.25) is 0 Å². The fourth-order valence-electron chi connectivity index (χ4n) is 3.90. The lowest BCUT2D eigenvalue weighted by molar-refractivity contribution is -0.143. The molecule has 0 bridgehead atoms. The molecule has 3 N–H and O–H groups in total. The van der Waals surface area contributed by atoms with Gasteiger partial charge in [-0.05, 0) is 30.9 Å². The Balaban J connectivity index is 1.55. The zero-order chi connectivity index (χ0) is 17.1. The van der Waals surface area contributed by atoms with Gasteiger partial charge in [-0.25, -0.2) is 4.39 Å². The van der Waals surface area contributed by atoms with Crippen molar-refractivity contribution < 1.29 is 19.7 Å². The van der Waals surface area contributed by atoms with Crippen LogP contribution >= 0.6 is 0 Å². The van der Waals surface area contributed by atoms with Crippen LogP contribution in [-0.4, -0.2) is 77.4 Å². The number of benzene rings is 1. The van der Waals surface area contributed by atoms with E-state index in [0.717, 1.165) is 25.9 Å². The van der Waals surface area contributed by atoms with Gasteiger partial charge in [-0.1, -0.05) is 18.2 Å². The molecule has 1 aromatic rings. The third-order valence-corrected chi connectivity index (χ3v) is 5.42. The molecule has 2 heterocycles. The van der Waals surface area contributed by atoms with Crippen LogP contribution in [0.3, 0.4) is 0 Å². The molecule has 0 aliphatic carbocycles. The first-order valence-corrected chi connectivity index (χ1v) is 8.74. The number of halogens is 1. The highest BCUT2D eigenvalue weighted by Gasteiger charge is 2.42. The van der Waals surface area contributed by atoms with E-state index in [4.69, 9.17) is 0 Å². The summed E-state index contributed by atoms with van der Waals surface area (Å²) < 4.78 is 13.3. The summed E-state index contributed by atoms with van der Waals surface area (Å²) in [5, 5.41) is 29.6. The largest absolute Gasteiger partial charge is 0.389 e. The predicted octanol–water partition coefficient (Wildman–Crippen LogP) is 0.639. The molecule has 4 atom stereocenters. The first-order valence-electron chi connectivity index (χ1n) is 8.74. The van der Waals surface area contributed by atoms with Crippen LogP contribution in [0.25, 0.3) is 0 Å². The summed E-state index contributed by atoms with van der Waals surface area (Å²) in [4.78, 5) is 4.16. The van der Waals surface area contributed by atoms with Crippen LogP contribution in [0.4, 0.5) is 10.1 Å². The minimum absolute atomic E-state index is 0.214. The van der Waals surface area contributed by atoms with Crippen LogP contribution in [0.1, 0.15) is 12.8 Å². The summed E-state index contributed by atoms with van der Waals surface area (Å²) in [7, 11) is 0. The molecule has 5 nitrogen and oxygen atoms in total. The Morgan fingerprint density at radius 3 is 2.29 bits per heavy atom. The molecule has 0 spiro atoms. The van der Waals surface area contributed by atoms with Gasteiger partial charge < -0.3 is 20.2 Å². The fourth-order valence-corrected chi connectivity index (χ4v) is 3.90. The number of alkyl halides is 1. The van der Waals surface area contributed by atoms with Crippen molar-refractivity contribution >= 4 is 5.69 Å². The number of anilines is 1. The van der Waals surface area contributed by atoms with Crippen molar-refractivity contribution in [1.29, 1.82) is 0 Å². The number of aliphatic hydroxyl groups is 3. The van der Waals surface area contributed by atoms with Gasteiger partial charge in [0.05, 0.1) is 12.1 Å². The molecule has 6 heteroatoms.